The van der Waals surface area contributed by atoms with Gasteiger partial charge in [-0.3, -0.25) is 0 Å². The van der Waals surface area contributed by atoms with Crippen LogP contribution in [0.25, 0.3) is 0 Å². The maximum Gasteiger partial charge on any atom is 0.0171 e. The molecule has 117 valence electrons. The van der Waals surface area contributed by atoms with Gasteiger partial charge in [-0.05, 0) is 39.8 Å². The van der Waals surface area contributed by atoms with E-state index in [1.807, 2.05) is 0 Å². The molecule has 0 saturated carbocycles. The minimum absolute atomic E-state index is 0. The Bertz CT molecular complexity index is 348. The molecule has 0 aromatic carbocycles. The van der Waals surface area contributed by atoms with Gasteiger partial charge in [-0.2, -0.15) is 0 Å². The van der Waals surface area contributed by atoms with E-state index in [-0.39, 0.29) is 18.6 Å². The summed E-state index contributed by atoms with van der Waals surface area (Å²) >= 11 is 0. The summed E-state index contributed by atoms with van der Waals surface area (Å²) in [4.78, 5) is 4.78. The van der Waals surface area contributed by atoms with Crippen molar-refractivity contribution in [2.24, 2.45) is 0 Å². The first-order valence-corrected chi connectivity index (χ1v) is 7.97. The van der Waals surface area contributed by atoms with Crippen molar-refractivity contribution < 1.29 is 18.6 Å². The first kappa shape index (κ1) is 20.1. The van der Waals surface area contributed by atoms with Gasteiger partial charge in [-0.15, -0.1) is 0 Å². The van der Waals surface area contributed by atoms with Gasteiger partial charge in [0.15, 0.2) is 0 Å². The normalized spacial score (nSPS) is 14.9. The Morgan fingerprint density at radius 1 is 0.714 bits per heavy atom. The number of hydrogen-bond acceptors (Lipinski definition) is 2. The molecule has 1 radical (unpaired) electrons. The summed E-state index contributed by atoms with van der Waals surface area (Å²) in [5.74, 6) is 0. The summed E-state index contributed by atoms with van der Waals surface area (Å²) in [7, 11) is 0. The largest absolute Gasteiger partial charge is 0.375 e. The Labute approximate surface area is 143 Å². The van der Waals surface area contributed by atoms with Gasteiger partial charge in [0.2, 0.25) is 0 Å². The summed E-state index contributed by atoms with van der Waals surface area (Å²) in [6.45, 7) is 13.3. The summed E-state index contributed by atoms with van der Waals surface area (Å²) in [5, 5.41) is 0. The fourth-order valence-electron chi connectivity index (χ4n) is 2.60. The number of hydrogen-bond donors (Lipinski definition) is 0. The third-order valence-electron chi connectivity index (χ3n) is 3.84. The molecule has 0 spiro atoms. The van der Waals surface area contributed by atoms with Crippen LogP contribution in [-0.2, 0) is 18.6 Å². The van der Waals surface area contributed by atoms with Crippen LogP contribution < -0.4 is 0 Å². The van der Waals surface area contributed by atoms with Crippen LogP contribution in [0.3, 0.4) is 0 Å². The fraction of sp³-hybridized carbons (Fsp3) is 0.556. The van der Waals surface area contributed by atoms with Crippen molar-refractivity contribution >= 4 is 0 Å². The molecule has 2 aliphatic rings. The molecule has 0 atom stereocenters. The summed E-state index contributed by atoms with van der Waals surface area (Å²) < 4.78 is 0. The minimum atomic E-state index is 0. The third kappa shape index (κ3) is 6.62. The monoisotopic (exact) mass is 325 g/mol. The second-order valence-electron chi connectivity index (χ2n) is 4.93. The van der Waals surface area contributed by atoms with Crippen LogP contribution in [0.15, 0.2) is 47.9 Å². The van der Waals surface area contributed by atoms with E-state index < -0.39 is 0 Å². The summed E-state index contributed by atoms with van der Waals surface area (Å²) in [5.41, 5.74) is 2.93. The second-order valence-corrected chi connectivity index (χ2v) is 4.93. The van der Waals surface area contributed by atoms with Gasteiger partial charge in [0, 0.05) is 69.0 Å². The molecule has 0 aromatic heterocycles. The van der Waals surface area contributed by atoms with Crippen molar-refractivity contribution in [3.8, 4) is 0 Å². The van der Waals surface area contributed by atoms with Crippen LogP contribution in [0.1, 0.15) is 40.5 Å². The molecule has 2 nitrogen and oxygen atoms in total. The Kier molecular flexibility index (Phi) is 11.3. The van der Waals surface area contributed by atoms with Gasteiger partial charge in [0.25, 0.3) is 0 Å². The van der Waals surface area contributed by atoms with Crippen molar-refractivity contribution in [2.45, 2.75) is 40.5 Å². The van der Waals surface area contributed by atoms with Gasteiger partial charge >= 0.3 is 0 Å². The Morgan fingerprint density at radius 2 is 1.05 bits per heavy atom. The summed E-state index contributed by atoms with van der Waals surface area (Å²) in [6, 6.07) is 0. The molecule has 0 amide bonds. The Morgan fingerprint density at radius 3 is 1.24 bits per heavy atom. The zero-order valence-electron chi connectivity index (χ0n) is 14.0. The van der Waals surface area contributed by atoms with Crippen molar-refractivity contribution in [1.29, 1.82) is 0 Å². The maximum atomic E-state index is 2.39. The quantitative estimate of drug-likeness (QED) is 0.717. The molecule has 0 bridgehead atoms. The predicted octanol–water partition coefficient (Wildman–Crippen LogP) is 4.34. The first-order chi connectivity index (χ1) is 9.76. The molecule has 0 unspecified atom stereocenters. The zero-order chi connectivity index (χ0) is 14.8. The SMILES string of the molecule is CCN(CC)C1=CC=CC1.CCN(CC)C1=CC=CC1.[V]. The first-order valence-electron chi connectivity index (χ1n) is 7.97. The van der Waals surface area contributed by atoms with E-state index in [0.29, 0.717) is 0 Å². The van der Waals surface area contributed by atoms with E-state index in [2.05, 4.69) is 74.0 Å². The van der Waals surface area contributed by atoms with E-state index in [9.17, 15) is 0 Å². The molecule has 21 heavy (non-hydrogen) atoms. The number of allylic oxidation sites excluding steroid dienone is 6. The van der Waals surface area contributed by atoms with Crippen LogP contribution in [0.4, 0.5) is 0 Å². The molecule has 2 aliphatic carbocycles. The van der Waals surface area contributed by atoms with Crippen LogP contribution in [0.2, 0.25) is 0 Å². The smallest absolute Gasteiger partial charge is 0.0171 e. The molecular formula is C18H30N2V. The average Bonchev–Trinajstić information content (AvgIpc) is 3.15. The van der Waals surface area contributed by atoms with Crippen LogP contribution in [0, 0.1) is 0 Å². The fourth-order valence-corrected chi connectivity index (χ4v) is 2.60. The molecular weight excluding hydrogens is 295 g/mol. The van der Waals surface area contributed by atoms with Gasteiger partial charge < -0.3 is 9.80 Å². The molecule has 0 saturated heterocycles. The third-order valence-corrected chi connectivity index (χ3v) is 3.84. The predicted molar refractivity (Wildman–Crippen MR) is 89.5 cm³/mol. The number of nitrogens with zero attached hydrogens (tertiary/aromatic N) is 2. The van der Waals surface area contributed by atoms with Crippen molar-refractivity contribution in [1.82, 2.24) is 9.80 Å². The van der Waals surface area contributed by atoms with E-state index in [1.54, 1.807) is 0 Å². The van der Waals surface area contributed by atoms with Gasteiger partial charge in [-0.1, -0.05) is 24.3 Å². The van der Waals surface area contributed by atoms with Crippen molar-refractivity contribution in [2.75, 3.05) is 26.2 Å². The van der Waals surface area contributed by atoms with E-state index in [1.165, 1.54) is 11.4 Å². The zero-order valence-corrected chi connectivity index (χ0v) is 15.4. The van der Waals surface area contributed by atoms with Gasteiger partial charge in [0.1, 0.15) is 0 Å². The van der Waals surface area contributed by atoms with Crippen LogP contribution in [-0.4, -0.2) is 36.0 Å². The molecule has 0 heterocycles. The van der Waals surface area contributed by atoms with Crippen LogP contribution >= 0.6 is 0 Å². The van der Waals surface area contributed by atoms with Crippen molar-refractivity contribution in [3.05, 3.63) is 47.9 Å². The van der Waals surface area contributed by atoms with Gasteiger partial charge in [-0.25, -0.2) is 0 Å². The number of rotatable bonds is 6. The molecule has 0 N–H and O–H groups in total. The minimum Gasteiger partial charge on any atom is -0.375 e. The molecule has 0 fully saturated rings. The average molecular weight is 325 g/mol. The topological polar surface area (TPSA) is 6.48 Å². The Hall–Kier alpha value is -0.856. The van der Waals surface area contributed by atoms with Crippen LogP contribution in [0.5, 0.6) is 0 Å². The molecule has 3 heteroatoms. The molecule has 0 aliphatic heterocycles. The maximum absolute atomic E-state index is 2.39. The van der Waals surface area contributed by atoms with Gasteiger partial charge in [0.05, 0.1) is 0 Å². The van der Waals surface area contributed by atoms with Crippen molar-refractivity contribution in [3.63, 3.8) is 0 Å². The molecule has 2 rings (SSSR count). The second kappa shape index (κ2) is 11.8. The van der Waals surface area contributed by atoms with E-state index in [0.717, 1.165) is 39.0 Å². The van der Waals surface area contributed by atoms with E-state index in [4.69, 9.17) is 0 Å². The molecule has 0 aromatic rings. The van der Waals surface area contributed by atoms with E-state index >= 15 is 0 Å². The summed E-state index contributed by atoms with van der Waals surface area (Å²) in [6.07, 6.45) is 15.3. The Balaban J connectivity index is 0.000000364. The standard InChI is InChI=1S/2C9H15N.V/c2*1-3-10(4-2)9-7-5-6-8-9;/h2*5-7H,3-4,8H2,1-2H3;.